The van der Waals surface area contributed by atoms with Gasteiger partial charge in [0.2, 0.25) is 0 Å². The fourth-order valence-corrected chi connectivity index (χ4v) is 4.33. The molecule has 4 rings (SSSR count). The van der Waals surface area contributed by atoms with Crippen molar-refractivity contribution in [2.75, 3.05) is 0 Å². The third kappa shape index (κ3) is 2.89. The van der Waals surface area contributed by atoms with E-state index in [-0.39, 0.29) is 11.7 Å². The third-order valence-corrected chi connectivity index (χ3v) is 5.66. The summed E-state index contributed by atoms with van der Waals surface area (Å²) < 4.78 is 7.85. The van der Waals surface area contributed by atoms with E-state index in [2.05, 4.69) is 11.9 Å². The highest BCUT2D eigenvalue weighted by atomic mass is 16.5. The summed E-state index contributed by atoms with van der Waals surface area (Å²) in [6, 6.07) is 0.490. The van der Waals surface area contributed by atoms with E-state index < -0.39 is 0 Å². The second kappa shape index (κ2) is 6.69. The summed E-state index contributed by atoms with van der Waals surface area (Å²) in [5, 5.41) is 0. The van der Waals surface area contributed by atoms with Gasteiger partial charge in [0, 0.05) is 18.7 Å². The summed E-state index contributed by atoms with van der Waals surface area (Å²) in [6.07, 6.45) is 11.3. The quantitative estimate of drug-likeness (QED) is 0.826. The smallest absolute Gasteiger partial charge is 0.301 e. The van der Waals surface area contributed by atoms with E-state index in [0.717, 1.165) is 24.8 Å². The largest absolute Gasteiger partial charge is 0.461 e. The van der Waals surface area contributed by atoms with Crippen LogP contribution in [-0.4, -0.2) is 21.4 Å². The summed E-state index contributed by atoms with van der Waals surface area (Å²) in [5.41, 5.74) is 2.02. The number of rotatable bonds is 5. The molecule has 0 atom stereocenters. The van der Waals surface area contributed by atoms with Crippen LogP contribution in [0.15, 0.2) is 9.79 Å². The fraction of sp³-hybridized carbons (Fsp3) is 0.737. The standard InChI is InChI=1S/C19H27N3O2/c1-2-11-22-18(23)15-12-16(13-7-3-4-8-13)20-17(15)21-19(22)24-14-9-5-6-10-14/h13-14H,2-12H2,1H3. The average molecular weight is 329 g/mol. The van der Waals surface area contributed by atoms with Crippen molar-refractivity contribution < 1.29 is 4.74 Å². The highest BCUT2D eigenvalue weighted by Gasteiger charge is 2.30. The molecule has 1 aliphatic heterocycles. The third-order valence-electron chi connectivity index (χ3n) is 5.66. The second-order valence-corrected chi connectivity index (χ2v) is 7.44. The average Bonchev–Trinajstić information content (AvgIpc) is 3.30. The van der Waals surface area contributed by atoms with E-state index in [9.17, 15) is 4.79 Å². The van der Waals surface area contributed by atoms with Crippen LogP contribution >= 0.6 is 0 Å². The number of nitrogens with zero attached hydrogens (tertiary/aromatic N) is 3. The first-order valence-electron chi connectivity index (χ1n) is 9.64. The van der Waals surface area contributed by atoms with Crippen molar-refractivity contribution in [2.45, 2.75) is 83.8 Å². The van der Waals surface area contributed by atoms with E-state index >= 15 is 0 Å². The van der Waals surface area contributed by atoms with Gasteiger partial charge in [0.25, 0.3) is 5.56 Å². The van der Waals surface area contributed by atoms with Gasteiger partial charge in [0.1, 0.15) is 6.10 Å². The molecule has 0 N–H and O–H groups in total. The van der Waals surface area contributed by atoms with Gasteiger partial charge >= 0.3 is 6.01 Å². The molecule has 5 nitrogen and oxygen atoms in total. The van der Waals surface area contributed by atoms with Gasteiger partial charge in [-0.05, 0) is 50.9 Å². The number of aromatic nitrogens is 2. The summed E-state index contributed by atoms with van der Waals surface area (Å²) in [7, 11) is 0. The normalized spacial score (nSPS) is 21.3. The molecule has 5 heteroatoms. The first kappa shape index (κ1) is 15.9. The summed E-state index contributed by atoms with van der Waals surface area (Å²) in [6.45, 7) is 2.75. The number of aliphatic imine (C=N–C) groups is 1. The lowest BCUT2D eigenvalue weighted by molar-refractivity contribution is 0.179. The van der Waals surface area contributed by atoms with E-state index in [1.807, 2.05) is 0 Å². The molecule has 2 fully saturated rings. The minimum atomic E-state index is 0.0617. The van der Waals surface area contributed by atoms with Gasteiger partial charge in [-0.3, -0.25) is 9.36 Å². The Morgan fingerprint density at radius 3 is 2.54 bits per heavy atom. The molecule has 1 aromatic heterocycles. The van der Waals surface area contributed by atoms with Gasteiger partial charge in [-0.1, -0.05) is 19.8 Å². The van der Waals surface area contributed by atoms with Crippen LogP contribution in [0.25, 0.3) is 0 Å². The minimum absolute atomic E-state index is 0.0617. The first-order chi connectivity index (χ1) is 11.8. The van der Waals surface area contributed by atoms with Crippen LogP contribution in [0.2, 0.25) is 0 Å². The number of fused-ring (bicyclic) bond motifs is 1. The highest BCUT2D eigenvalue weighted by Crippen LogP contribution is 2.34. The van der Waals surface area contributed by atoms with Gasteiger partial charge in [-0.2, -0.15) is 4.98 Å². The molecule has 2 saturated carbocycles. The Bertz CT molecular complexity index is 695. The zero-order chi connectivity index (χ0) is 16.5. The van der Waals surface area contributed by atoms with Gasteiger partial charge in [-0.25, -0.2) is 4.99 Å². The van der Waals surface area contributed by atoms with Crippen molar-refractivity contribution in [3.05, 3.63) is 15.9 Å². The van der Waals surface area contributed by atoms with Crippen molar-refractivity contribution >= 4 is 11.5 Å². The Labute approximate surface area is 143 Å². The van der Waals surface area contributed by atoms with Crippen molar-refractivity contribution in [1.82, 2.24) is 9.55 Å². The zero-order valence-corrected chi connectivity index (χ0v) is 14.6. The van der Waals surface area contributed by atoms with Gasteiger partial charge in [0.05, 0.1) is 5.56 Å². The lowest BCUT2D eigenvalue weighted by Gasteiger charge is -2.17. The molecule has 0 aromatic carbocycles. The maximum atomic E-state index is 13.0. The van der Waals surface area contributed by atoms with Crippen LogP contribution in [0.4, 0.5) is 5.82 Å². The lowest BCUT2D eigenvalue weighted by atomic mass is 9.98. The molecular weight excluding hydrogens is 302 g/mol. The highest BCUT2D eigenvalue weighted by molar-refractivity contribution is 5.94. The molecule has 0 radical (unpaired) electrons. The van der Waals surface area contributed by atoms with Crippen molar-refractivity contribution in [3.8, 4) is 6.01 Å². The van der Waals surface area contributed by atoms with Crippen molar-refractivity contribution in [2.24, 2.45) is 10.9 Å². The van der Waals surface area contributed by atoms with Crippen molar-refractivity contribution in [1.29, 1.82) is 0 Å². The second-order valence-electron chi connectivity index (χ2n) is 7.44. The molecule has 0 bridgehead atoms. The maximum absolute atomic E-state index is 13.0. The number of hydrogen-bond acceptors (Lipinski definition) is 4. The summed E-state index contributed by atoms with van der Waals surface area (Å²) >= 11 is 0. The lowest BCUT2D eigenvalue weighted by Crippen LogP contribution is -2.28. The molecule has 0 spiro atoms. The topological polar surface area (TPSA) is 56.5 Å². The molecule has 3 aliphatic rings. The Morgan fingerprint density at radius 2 is 1.83 bits per heavy atom. The monoisotopic (exact) mass is 329 g/mol. The predicted octanol–water partition coefficient (Wildman–Crippen LogP) is 3.79. The first-order valence-corrected chi connectivity index (χ1v) is 9.64. The molecule has 2 heterocycles. The molecule has 1 aromatic rings. The zero-order valence-electron chi connectivity index (χ0n) is 14.6. The Balaban J connectivity index is 1.66. The number of ether oxygens (including phenoxy) is 1. The molecule has 0 saturated heterocycles. The molecule has 0 unspecified atom stereocenters. The molecular formula is C19H27N3O2. The summed E-state index contributed by atoms with van der Waals surface area (Å²) in [4.78, 5) is 22.4. The molecule has 24 heavy (non-hydrogen) atoms. The van der Waals surface area contributed by atoms with E-state index in [1.165, 1.54) is 44.2 Å². The fourth-order valence-electron chi connectivity index (χ4n) is 4.33. The van der Waals surface area contributed by atoms with Crippen LogP contribution in [0.5, 0.6) is 6.01 Å². The Kier molecular flexibility index (Phi) is 4.42. The van der Waals surface area contributed by atoms with Gasteiger partial charge in [0.15, 0.2) is 5.82 Å². The molecule has 2 aliphatic carbocycles. The van der Waals surface area contributed by atoms with Crippen molar-refractivity contribution in [3.63, 3.8) is 0 Å². The predicted molar refractivity (Wildman–Crippen MR) is 94.4 cm³/mol. The van der Waals surface area contributed by atoms with Crippen LogP contribution in [0, 0.1) is 5.92 Å². The van der Waals surface area contributed by atoms with Gasteiger partial charge in [-0.15, -0.1) is 0 Å². The molecule has 0 amide bonds. The van der Waals surface area contributed by atoms with Gasteiger partial charge < -0.3 is 4.74 Å². The molecule has 130 valence electrons. The van der Waals surface area contributed by atoms with Crippen LogP contribution in [0.1, 0.15) is 70.3 Å². The van der Waals surface area contributed by atoms with Crippen LogP contribution < -0.4 is 10.3 Å². The van der Waals surface area contributed by atoms with Crippen LogP contribution in [0.3, 0.4) is 0 Å². The van der Waals surface area contributed by atoms with E-state index in [4.69, 9.17) is 9.73 Å². The van der Waals surface area contributed by atoms with E-state index in [1.54, 1.807) is 4.57 Å². The SMILES string of the molecule is CCCn1c(OC2CCCC2)nc2c(c1=O)CC(C1CCCC1)=N2. The van der Waals surface area contributed by atoms with E-state index in [0.29, 0.717) is 30.7 Å². The summed E-state index contributed by atoms with van der Waals surface area (Å²) in [5.74, 6) is 1.18. The number of hydrogen-bond donors (Lipinski definition) is 0. The maximum Gasteiger partial charge on any atom is 0.301 e. The Hall–Kier alpha value is -1.65. The Morgan fingerprint density at radius 1 is 1.12 bits per heavy atom. The van der Waals surface area contributed by atoms with Crippen LogP contribution in [-0.2, 0) is 13.0 Å². The minimum Gasteiger partial charge on any atom is -0.461 e.